The number of carbonyl (C=O) groups excluding carboxylic acids is 1. The van der Waals surface area contributed by atoms with Gasteiger partial charge in [0.1, 0.15) is 12.4 Å². The topological polar surface area (TPSA) is 50.7 Å². The predicted octanol–water partition coefficient (Wildman–Crippen LogP) is 4.56. The van der Waals surface area contributed by atoms with Crippen LogP contribution in [0.3, 0.4) is 0 Å². The van der Waals surface area contributed by atoms with Gasteiger partial charge in [-0.25, -0.2) is 5.43 Å². The fourth-order valence-corrected chi connectivity index (χ4v) is 2.21. The Morgan fingerprint density at radius 3 is 2.54 bits per heavy atom. The molecule has 0 spiro atoms. The molecule has 2 aromatic carbocycles. The molecule has 0 heterocycles. The molecule has 2 aromatic rings. The van der Waals surface area contributed by atoms with Crippen molar-refractivity contribution in [3.05, 3.63) is 65.7 Å². The van der Waals surface area contributed by atoms with Crippen molar-refractivity contribution in [3.63, 3.8) is 0 Å². The molecular weight excluding hydrogens is 300 g/mol. The lowest BCUT2D eigenvalue weighted by molar-refractivity contribution is 0.0950. The first kappa shape index (κ1) is 17.7. The summed E-state index contributed by atoms with van der Waals surface area (Å²) in [5.74, 6) is 0.301. The smallest absolute Gasteiger partial charge is 0.275 e. The van der Waals surface area contributed by atoms with Crippen LogP contribution in [0, 0.1) is 0 Å². The SMILES string of the molecule is CCCCC(C)=NNC(=O)c1ccccc1OCc1ccccc1. The zero-order chi connectivity index (χ0) is 17.2. The summed E-state index contributed by atoms with van der Waals surface area (Å²) in [6, 6.07) is 17.1. The monoisotopic (exact) mass is 324 g/mol. The Hall–Kier alpha value is -2.62. The molecule has 0 aliphatic heterocycles. The molecule has 0 fully saturated rings. The number of nitrogens with one attached hydrogen (secondary N) is 1. The van der Waals surface area contributed by atoms with Crippen LogP contribution in [0.1, 0.15) is 49.0 Å². The summed E-state index contributed by atoms with van der Waals surface area (Å²) in [4.78, 5) is 12.4. The van der Waals surface area contributed by atoms with Crippen LogP contribution in [0.15, 0.2) is 59.7 Å². The van der Waals surface area contributed by atoms with E-state index in [1.165, 1.54) is 0 Å². The Bertz CT molecular complexity index is 681. The summed E-state index contributed by atoms with van der Waals surface area (Å²) in [5, 5.41) is 4.16. The largest absolute Gasteiger partial charge is 0.488 e. The van der Waals surface area contributed by atoms with Crippen LogP contribution in [-0.4, -0.2) is 11.6 Å². The van der Waals surface area contributed by atoms with Crippen molar-refractivity contribution < 1.29 is 9.53 Å². The van der Waals surface area contributed by atoms with Crippen molar-refractivity contribution in [3.8, 4) is 5.75 Å². The molecule has 0 bridgehead atoms. The highest BCUT2D eigenvalue weighted by atomic mass is 16.5. The van der Waals surface area contributed by atoms with Crippen LogP contribution in [0.5, 0.6) is 5.75 Å². The van der Waals surface area contributed by atoms with E-state index in [-0.39, 0.29) is 5.91 Å². The van der Waals surface area contributed by atoms with E-state index in [0.29, 0.717) is 17.9 Å². The molecule has 4 heteroatoms. The van der Waals surface area contributed by atoms with Crippen molar-refractivity contribution in [2.24, 2.45) is 5.10 Å². The average Bonchev–Trinajstić information content (AvgIpc) is 2.63. The van der Waals surface area contributed by atoms with Crippen LogP contribution >= 0.6 is 0 Å². The highest BCUT2D eigenvalue weighted by Crippen LogP contribution is 2.19. The summed E-state index contributed by atoms with van der Waals surface area (Å²) in [7, 11) is 0. The number of benzene rings is 2. The number of nitrogens with zero attached hydrogens (tertiary/aromatic N) is 1. The summed E-state index contributed by atoms with van der Waals surface area (Å²) in [6.07, 6.45) is 3.07. The molecule has 1 N–H and O–H groups in total. The Morgan fingerprint density at radius 2 is 1.79 bits per heavy atom. The van der Waals surface area contributed by atoms with E-state index in [1.807, 2.05) is 49.4 Å². The van der Waals surface area contributed by atoms with E-state index in [2.05, 4.69) is 17.5 Å². The summed E-state index contributed by atoms with van der Waals surface area (Å²) in [5.41, 5.74) is 5.08. The highest BCUT2D eigenvalue weighted by Gasteiger charge is 2.11. The number of hydrogen-bond acceptors (Lipinski definition) is 3. The average molecular weight is 324 g/mol. The van der Waals surface area contributed by atoms with Gasteiger partial charge < -0.3 is 4.74 Å². The number of rotatable bonds is 8. The van der Waals surface area contributed by atoms with Crippen molar-refractivity contribution in [2.75, 3.05) is 0 Å². The molecule has 0 aliphatic rings. The first-order valence-electron chi connectivity index (χ1n) is 8.30. The van der Waals surface area contributed by atoms with Gasteiger partial charge in [0.05, 0.1) is 5.56 Å². The van der Waals surface area contributed by atoms with Crippen molar-refractivity contribution in [1.29, 1.82) is 0 Å². The van der Waals surface area contributed by atoms with E-state index in [4.69, 9.17) is 4.74 Å². The molecule has 126 valence electrons. The van der Waals surface area contributed by atoms with Crippen LogP contribution in [0.4, 0.5) is 0 Å². The molecule has 0 aromatic heterocycles. The Labute approximate surface area is 143 Å². The fraction of sp³-hybridized carbons (Fsp3) is 0.300. The van der Waals surface area contributed by atoms with Gasteiger partial charge >= 0.3 is 0 Å². The minimum atomic E-state index is -0.255. The van der Waals surface area contributed by atoms with Gasteiger partial charge in [-0.3, -0.25) is 4.79 Å². The summed E-state index contributed by atoms with van der Waals surface area (Å²) < 4.78 is 5.81. The fourth-order valence-electron chi connectivity index (χ4n) is 2.21. The predicted molar refractivity (Wildman–Crippen MR) is 97.3 cm³/mol. The maximum atomic E-state index is 12.4. The lowest BCUT2D eigenvalue weighted by atomic mass is 10.2. The molecule has 0 aliphatic carbocycles. The second-order valence-corrected chi connectivity index (χ2v) is 5.66. The molecule has 2 rings (SSSR count). The van der Waals surface area contributed by atoms with Crippen LogP contribution in [-0.2, 0) is 6.61 Å². The molecule has 0 radical (unpaired) electrons. The number of para-hydroxylation sites is 1. The van der Waals surface area contributed by atoms with Gasteiger partial charge in [0, 0.05) is 5.71 Å². The van der Waals surface area contributed by atoms with Gasteiger partial charge in [-0.05, 0) is 37.5 Å². The Kier molecular flexibility index (Phi) is 7.02. The molecular formula is C20H24N2O2. The first-order valence-corrected chi connectivity index (χ1v) is 8.30. The zero-order valence-electron chi connectivity index (χ0n) is 14.3. The summed E-state index contributed by atoms with van der Waals surface area (Å²) in [6.45, 7) is 4.48. The van der Waals surface area contributed by atoms with Gasteiger partial charge in [0.25, 0.3) is 5.91 Å². The van der Waals surface area contributed by atoms with Gasteiger partial charge in [0.15, 0.2) is 0 Å². The number of hydrogen-bond donors (Lipinski definition) is 1. The van der Waals surface area contributed by atoms with E-state index >= 15 is 0 Å². The minimum Gasteiger partial charge on any atom is -0.488 e. The summed E-state index contributed by atoms with van der Waals surface area (Å²) >= 11 is 0. The molecule has 24 heavy (non-hydrogen) atoms. The quantitative estimate of drug-likeness (QED) is 0.571. The molecule has 4 nitrogen and oxygen atoms in total. The third kappa shape index (κ3) is 5.54. The van der Waals surface area contributed by atoms with Crippen molar-refractivity contribution in [2.45, 2.75) is 39.7 Å². The van der Waals surface area contributed by atoms with Gasteiger partial charge in [-0.15, -0.1) is 0 Å². The second kappa shape index (κ2) is 9.50. The highest BCUT2D eigenvalue weighted by molar-refractivity contribution is 5.97. The minimum absolute atomic E-state index is 0.255. The Balaban J connectivity index is 2.01. The third-order valence-electron chi connectivity index (χ3n) is 3.61. The van der Waals surface area contributed by atoms with Crippen LogP contribution in [0.25, 0.3) is 0 Å². The number of hydrazone groups is 1. The molecule has 1 amide bonds. The van der Waals surface area contributed by atoms with Crippen molar-refractivity contribution in [1.82, 2.24) is 5.43 Å². The maximum Gasteiger partial charge on any atom is 0.275 e. The van der Waals surface area contributed by atoms with E-state index in [1.54, 1.807) is 12.1 Å². The Morgan fingerprint density at radius 1 is 1.08 bits per heavy atom. The third-order valence-corrected chi connectivity index (χ3v) is 3.61. The number of ether oxygens (including phenoxy) is 1. The van der Waals surface area contributed by atoms with Gasteiger partial charge in [0.2, 0.25) is 0 Å². The van der Waals surface area contributed by atoms with Crippen LogP contribution < -0.4 is 10.2 Å². The number of amides is 1. The normalized spacial score (nSPS) is 11.2. The second-order valence-electron chi connectivity index (χ2n) is 5.66. The molecule has 0 saturated heterocycles. The molecule has 0 saturated carbocycles. The van der Waals surface area contributed by atoms with Gasteiger partial charge in [-0.1, -0.05) is 55.8 Å². The van der Waals surface area contributed by atoms with Crippen molar-refractivity contribution >= 4 is 11.6 Å². The molecule has 0 atom stereocenters. The number of carbonyl (C=O) groups is 1. The zero-order valence-corrected chi connectivity index (χ0v) is 14.3. The molecule has 0 unspecified atom stereocenters. The standard InChI is InChI=1S/C20H24N2O2/c1-3-4-10-16(2)21-22-20(23)18-13-8-9-14-19(18)24-15-17-11-6-5-7-12-17/h5-9,11-14H,3-4,10,15H2,1-2H3,(H,22,23). The van der Waals surface area contributed by atoms with E-state index in [9.17, 15) is 4.79 Å². The lowest BCUT2D eigenvalue weighted by Crippen LogP contribution is -2.20. The lowest BCUT2D eigenvalue weighted by Gasteiger charge is -2.10. The maximum absolute atomic E-state index is 12.4. The van der Waals surface area contributed by atoms with Crippen LogP contribution in [0.2, 0.25) is 0 Å². The van der Waals surface area contributed by atoms with E-state index in [0.717, 1.165) is 30.5 Å². The number of unbranched alkanes of at least 4 members (excludes halogenated alkanes) is 1. The van der Waals surface area contributed by atoms with Gasteiger partial charge in [-0.2, -0.15) is 5.10 Å². The van der Waals surface area contributed by atoms with E-state index < -0.39 is 0 Å². The first-order chi connectivity index (χ1) is 11.7.